The number of ether oxygens (including phenoxy) is 1. The molecule has 1 amide bonds. The van der Waals surface area contributed by atoms with Gasteiger partial charge in [-0.2, -0.15) is 0 Å². The topological polar surface area (TPSA) is 69.0 Å². The minimum absolute atomic E-state index is 0.158. The van der Waals surface area contributed by atoms with Gasteiger partial charge in [-0.25, -0.2) is 0 Å². The number of methoxy groups -OCH3 is 1. The van der Waals surface area contributed by atoms with Gasteiger partial charge >= 0.3 is 0 Å². The number of halogens is 2. The molecule has 0 radical (unpaired) electrons. The van der Waals surface area contributed by atoms with Gasteiger partial charge in [0.15, 0.2) is 11.0 Å². The van der Waals surface area contributed by atoms with Crippen LogP contribution in [-0.4, -0.2) is 27.8 Å². The van der Waals surface area contributed by atoms with Crippen molar-refractivity contribution in [2.24, 2.45) is 0 Å². The molecule has 9 heteroatoms. The number of benzene rings is 3. The first-order valence-corrected chi connectivity index (χ1v) is 12.2. The normalized spacial score (nSPS) is 10.8. The third kappa shape index (κ3) is 5.55. The molecule has 0 saturated carbocycles. The molecule has 1 aromatic heterocycles. The van der Waals surface area contributed by atoms with Crippen molar-refractivity contribution in [1.82, 2.24) is 20.1 Å². The second-order valence-electron chi connectivity index (χ2n) is 7.46. The maximum atomic E-state index is 12.7. The molecule has 0 aliphatic rings. The van der Waals surface area contributed by atoms with Crippen molar-refractivity contribution < 1.29 is 9.53 Å². The van der Waals surface area contributed by atoms with E-state index in [1.807, 2.05) is 16.7 Å². The van der Waals surface area contributed by atoms with Gasteiger partial charge in [-0.1, -0.05) is 59.2 Å². The van der Waals surface area contributed by atoms with Gasteiger partial charge in [0.2, 0.25) is 0 Å². The van der Waals surface area contributed by atoms with Crippen molar-refractivity contribution in [2.45, 2.75) is 24.4 Å². The molecule has 0 aliphatic heterocycles. The van der Waals surface area contributed by atoms with Crippen LogP contribution in [0.3, 0.4) is 0 Å². The lowest BCUT2D eigenvalue weighted by Gasteiger charge is -2.13. The number of amides is 1. The second kappa shape index (κ2) is 11.0. The predicted molar refractivity (Wildman–Crippen MR) is 136 cm³/mol. The zero-order valence-electron chi connectivity index (χ0n) is 18.6. The number of aromatic nitrogens is 3. The number of hydrogen-bond acceptors (Lipinski definition) is 5. The van der Waals surface area contributed by atoms with E-state index in [1.165, 1.54) is 11.1 Å². The lowest BCUT2D eigenvalue weighted by atomic mass is 10.1. The summed E-state index contributed by atoms with van der Waals surface area (Å²) in [6, 6.07) is 20.3. The van der Waals surface area contributed by atoms with Crippen molar-refractivity contribution in [1.29, 1.82) is 0 Å². The number of carbonyl (C=O) groups is 1. The van der Waals surface area contributed by atoms with Crippen molar-refractivity contribution in [3.8, 4) is 11.4 Å². The first-order valence-electron chi connectivity index (χ1n) is 10.5. The summed E-state index contributed by atoms with van der Waals surface area (Å²) in [6.07, 6.45) is 0. The maximum absolute atomic E-state index is 12.7. The molecule has 4 aromatic rings. The minimum Gasteiger partial charge on any atom is -0.497 e. The second-order valence-corrected chi connectivity index (χ2v) is 9.24. The molecule has 0 spiro atoms. The van der Waals surface area contributed by atoms with Gasteiger partial charge in [0.05, 0.1) is 24.4 Å². The molecule has 0 aliphatic carbocycles. The highest BCUT2D eigenvalue weighted by Gasteiger charge is 2.18. The quantitative estimate of drug-likeness (QED) is 0.288. The van der Waals surface area contributed by atoms with Crippen LogP contribution in [0, 0.1) is 6.92 Å². The largest absolute Gasteiger partial charge is 0.497 e. The van der Waals surface area contributed by atoms with Gasteiger partial charge in [0.25, 0.3) is 5.91 Å². The van der Waals surface area contributed by atoms with E-state index >= 15 is 0 Å². The molecule has 3 aromatic carbocycles. The number of hydrogen-bond donors (Lipinski definition) is 1. The molecule has 34 heavy (non-hydrogen) atoms. The van der Waals surface area contributed by atoms with Gasteiger partial charge in [0.1, 0.15) is 5.75 Å². The first-order chi connectivity index (χ1) is 16.5. The molecule has 1 heterocycles. The fraction of sp³-hybridized carbons (Fsp3) is 0.160. The molecule has 0 bridgehead atoms. The third-order valence-electron chi connectivity index (χ3n) is 5.23. The third-order valence-corrected chi connectivity index (χ3v) is 6.76. The summed E-state index contributed by atoms with van der Waals surface area (Å²) in [5.74, 6) is 1.70. The van der Waals surface area contributed by atoms with Crippen molar-refractivity contribution in [3.63, 3.8) is 0 Å². The Hall–Kier alpha value is -3.00. The Bertz CT molecular complexity index is 1310. The smallest absolute Gasteiger partial charge is 0.251 e. The van der Waals surface area contributed by atoms with Crippen LogP contribution in [-0.2, 0) is 12.3 Å². The maximum Gasteiger partial charge on any atom is 0.251 e. The number of nitrogens with zero attached hydrogens (tertiary/aromatic N) is 3. The van der Waals surface area contributed by atoms with Crippen LogP contribution in [0.4, 0.5) is 0 Å². The van der Waals surface area contributed by atoms with Gasteiger partial charge in [-0.15, -0.1) is 10.2 Å². The number of nitrogens with one attached hydrogen (secondary N) is 1. The van der Waals surface area contributed by atoms with E-state index in [0.29, 0.717) is 43.8 Å². The highest BCUT2D eigenvalue weighted by molar-refractivity contribution is 7.98. The number of rotatable bonds is 8. The average Bonchev–Trinajstić information content (AvgIpc) is 3.26. The summed E-state index contributed by atoms with van der Waals surface area (Å²) in [6.45, 7) is 2.24. The standard InChI is InChI=1S/C25H22Cl2N4O2S/c1-16-5-3-4-6-18(16)15-34-25-30-29-23(31(25)22-13-19(26)9-12-21(22)27)14-28-24(32)17-7-10-20(33-2)11-8-17/h3-13H,14-15H2,1-2H3,(H,28,32). The molecule has 0 unspecified atom stereocenters. The molecule has 0 atom stereocenters. The zero-order chi connectivity index (χ0) is 24.1. The molecule has 4 rings (SSSR count). The van der Waals surface area contributed by atoms with Crippen molar-refractivity contribution in [2.75, 3.05) is 7.11 Å². The molecule has 0 saturated heterocycles. The van der Waals surface area contributed by atoms with E-state index in [4.69, 9.17) is 27.9 Å². The van der Waals surface area contributed by atoms with E-state index < -0.39 is 0 Å². The summed E-state index contributed by atoms with van der Waals surface area (Å²) < 4.78 is 6.99. The van der Waals surface area contributed by atoms with Gasteiger partial charge in [-0.3, -0.25) is 9.36 Å². The number of carbonyl (C=O) groups excluding carboxylic acids is 1. The summed E-state index contributed by atoms with van der Waals surface area (Å²) in [7, 11) is 1.58. The van der Waals surface area contributed by atoms with Crippen molar-refractivity contribution >= 4 is 40.9 Å². The van der Waals surface area contributed by atoms with E-state index in [0.717, 1.165) is 0 Å². The highest BCUT2D eigenvalue weighted by atomic mass is 35.5. The molecular formula is C25H22Cl2N4O2S. The van der Waals surface area contributed by atoms with Crippen LogP contribution in [0.15, 0.2) is 71.9 Å². The molecule has 0 fully saturated rings. The van der Waals surface area contributed by atoms with Crippen LogP contribution < -0.4 is 10.1 Å². The monoisotopic (exact) mass is 512 g/mol. The Morgan fingerprint density at radius 3 is 2.56 bits per heavy atom. The lowest BCUT2D eigenvalue weighted by molar-refractivity contribution is 0.0949. The fourth-order valence-corrected chi connectivity index (χ4v) is 4.73. The highest BCUT2D eigenvalue weighted by Crippen LogP contribution is 2.31. The molecule has 1 N–H and O–H groups in total. The summed E-state index contributed by atoms with van der Waals surface area (Å²) >= 11 is 14.3. The lowest BCUT2D eigenvalue weighted by Crippen LogP contribution is -2.24. The van der Waals surface area contributed by atoms with Crippen LogP contribution in [0.2, 0.25) is 10.0 Å². The predicted octanol–water partition coefficient (Wildman–Crippen LogP) is 6.11. The number of aryl methyl sites for hydroxylation is 1. The van der Waals surface area contributed by atoms with E-state index in [2.05, 4.69) is 34.6 Å². The SMILES string of the molecule is COc1ccc(C(=O)NCc2nnc(SCc3ccccc3C)n2-c2cc(Cl)ccc2Cl)cc1. The molecule has 174 valence electrons. The Morgan fingerprint density at radius 1 is 1.06 bits per heavy atom. The summed E-state index contributed by atoms with van der Waals surface area (Å²) in [5, 5.41) is 13.3. The summed E-state index contributed by atoms with van der Waals surface area (Å²) in [4.78, 5) is 12.7. The average molecular weight is 513 g/mol. The zero-order valence-corrected chi connectivity index (χ0v) is 20.9. The van der Waals surface area contributed by atoms with Crippen LogP contribution >= 0.6 is 35.0 Å². The van der Waals surface area contributed by atoms with Gasteiger partial charge in [-0.05, 0) is 60.5 Å². The number of thioether (sulfide) groups is 1. The van der Waals surface area contributed by atoms with Gasteiger partial charge < -0.3 is 10.1 Å². The van der Waals surface area contributed by atoms with Crippen LogP contribution in [0.5, 0.6) is 5.75 Å². The first kappa shape index (κ1) is 24.1. The molecular weight excluding hydrogens is 491 g/mol. The Kier molecular flexibility index (Phi) is 7.77. The van der Waals surface area contributed by atoms with Crippen LogP contribution in [0.1, 0.15) is 27.3 Å². The van der Waals surface area contributed by atoms with E-state index in [-0.39, 0.29) is 12.5 Å². The van der Waals surface area contributed by atoms with Crippen LogP contribution in [0.25, 0.3) is 5.69 Å². The Labute approximate surface area is 212 Å². The Balaban J connectivity index is 1.60. The van der Waals surface area contributed by atoms with E-state index in [1.54, 1.807) is 61.3 Å². The summed E-state index contributed by atoms with van der Waals surface area (Å²) in [5.41, 5.74) is 3.57. The van der Waals surface area contributed by atoms with Crippen molar-refractivity contribution in [3.05, 3.63) is 99.3 Å². The van der Waals surface area contributed by atoms with Gasteiger partial charge in [0, 0.05) is 16.3 Å². The molecule has 6 nitrogen and oxygen atoms in total. The fourth-order valence-electron chi connectivity index (χ4n) is 3.33. The van der Waals surface area contributed by atoms with E-state index in [9.17, 15) is 4.79 Å². The Morgan fingerprint density at radius 2 is 1.82 bits per heavy atom. The minimum atomic E-state index is -0.233.